The van der Waals surface area contributed by atoms with Crippen molar-refractivity contribution in [3.05, 3.63) is 41.0 Å². The number of aliphatic hydroxyl groups is 1. The van der Waals surface area contributed by atoms with E-state index in [9.17, 15) is 36.6 Å². The van der Waals surface area contributed by atoms with Crippen LogP contribution in [0.15, 0.2) is 23.2 Å². The van der Waals surface area contributed by atoms with Crippen molar-refractivity contribution in [3.8, 4) is 0 Å². The zero-order valence-corrected chi connectivity index (χ0v) is 22.3. The number of hydrogen-bond acceptors (Lipinski definition) is 8. The molecule has 2 rings (SSSR count). The van der Waals surface area contributed by atoms with Crippen molar-refractivity contribution in [3.63, 3.8) is 0 Å². The van der Waals surface area contributed by atoms with Crippen molar-refractivity contribution in [1.29, 1.82) is 0 Å². The molecular weight excluding hydrogens is 545 g/mol. The molecule has 6 N–H and O–H groups in total. The van der Waals surface area contributed by atoms with Crippen LogP contribution in [0.4, 0.5) is 26.7 Å². The second-order valence-electron chi connectivity index (χ2n) is 9.67. The predicted octanol–water partition coefficient (Wildman–Crippen LogP) is 2.00. The molecule has 0 saturated carbocycles. The fourth-order valence-corrected chi connectivity index (χ4v) is 3.59. The summed E-state index contributed by atoms with van der Waals surface area (Å²) >= 11 is 0. The van der Waals surface area contributed by atoms with Crippen LogP contribution in [0.25, 0.3) is 5.70 Å². The van der Waals surface area contributed by atoms with Gasteiger partial charge in [0.05, 0.1) is 31.3 Å². The average molecular weight is 580 g/mol. The van der Waals surface area contributed by atoms with Gasteiger partial charge in [-0.3, -0.25) is 9.79 Å². The highest BCUT2D eigenvalue weighted by Gasteiger charge is 2.55. The molecule has 2 amide bonds. The van der Waals surface area contributed by atoms with E-state index in [1.165, 1.54) is 12.3 Å². The maximum absolute atomic E-state index is 14.6. The van der Waals surface area contributed by atoms with Gasteiger partial charge in [-0.1, -0.05) is 0 Å². The van der Waals surface area contributed by atoms with Crippen molar-refractivity contribution in [2.75, 3.05) is 33.4 Å². The molecule has 1 heterocycles. The van der Waals surface area contributed by atoms with Crippen LogP contribution in [0.2, 0.25) is 0 Å². The third kappa shape index (κ3) is 9.13. The van der Waals surface area contributed by atoms with Gasteiger partial charge in [-0.25, -0.2) is 13.6 Å². The SMILES string of the molecule is COC(=O)NC(C(=O)NC[C@@H](O)CNCc1c(F)cc(C(N)=CC=N[C@@H]2CCOC2)cc1F)C(C)(C)C(F)(F)F. The van der Waals surface area contributed by atoms with Crippen LogP contribution in [0, 0.1) is 17.0 Å². The average Bonchev–Trinajstić information content (AvgIpc) is 3.39. The second-order valence-corrected chi connectivity index (χ2v) is 9.67. The maximum atomic E-state index is 14.6. The Morgan fingerprint density at radius 1 is 1.25 bits per heavy atom. The highest BCUT2D eigenvalue weighted by Crippen LogP contribution is 2.40. The lowest BCUT2D eigenvalue weighted by molar-refractivity contribution is -0.220. The van der Waals surface area contributed by atoms with Crippen molar-refractivity contribution < 1.29 is 46.1 Å². The van der Waals surface area contributed by atoms with Crippen LogP contribution in [-0.2, 0) is 20.8 Å². The van der Waals surface area contributed by atoms with E-state index in [-0.39, 0.29) is 36.0 Å². The molecule has 0 spiro atoms. The summed E-state index contributed by atoms with van der Waals surface area (Å²) < 4.78 is 79.0. The van der Waals surface area contributed by atoms with E-state index < -0.39 is 53.9 Å². The first-order valence-electron chi connectivity index (χ1n) is 12.3. The van der Waals surface area contributed by atoms with Crippen molar-refractivity contribution in [1.82, 2.24) is 16.0 Å². The summed E-state index contributed by atoms with van der Waals surface area (Å²) in [7, 11) is 0.925. The molecule has 3 atom stereocenters. The fourth-order valence-electron chi connectivity index (χ4n) is 3.59. The second kappa shape index (κ2) is 14.4. The zero-order chi connectivity index (χ0) is 30.1. The summed E-state index contributed by atoms with van der Waals surface area (Å²) in [5.74, 6) is -3.01. The van der Waals surface area contributed by atoms with Crippen LogP contribution in [0.5, 0.6) is 0 Å². The van der Waals surface area contributed by atoms with Crippen molar-refractivity contribution in [2.45, 2.75) is 51.2 Å². The molecule has 10 nitrogen and oxygen atoms in total. The summed E-state index contributed by atoms with van der Waals surface area (Å²) in [6.07, 6.45) is -3.79. The Bertz CT molecular complexity index is 1070. The summed E-state index contributed by atoms with van der Waals surface area (Å²) in [5.41, 5.74) is 3.09. The number of carbonyl (C=O) groups excluding carboxylic acids is 2. The minimum atomic E-state index is -4.86. The van der Waals surface area contributed by atoms with Crippen molar-refractivity contribution >= 4 is 23.9 Å². The van der Waals surface area contributed by atoms with Gasteiger partial charge in [-0.15, -0.1) is 0 Å². The number of alkyl carbamates (subject to hydrolysis) is 1. The third-order valence-electron chi connectivity index (χ3n) is 6.29. The lowest BCUT2D eigenvalue weighted by Crippen LogP contribution is -2.60. The Hall–Kier alpha value is -3.30. The van der Waals surface area contributed by atoms with E-state index >= 15 is 0 Å². The first-order chi connectivity index (χ1) is 18.7. The number of alkyl halides is 3. The first-order valence-corrected chi connectivity index (χ1v) is 12.3. The van der Waals surface area contributed by atoms with E-state index in [1.807, 2.05) is 5.32 Å². The van der Waals surface area contributed by atoms with Gasteiger partial charge in [-0.2, -0.15) is 13.2 Å². The standard InChI is InChI=1S/C25H34F5N5O5/c1-24(2,25(28,29)30)21(35-23(38)39-3)22(37)34-11-16(36)10-32-12-17-18(26)8-14(9-19(17)27)20(31)4-6-33-15-5-7-40-13-15/h4,6,8-9,15-16,21,32,36H,5,7,10-13,31H2,1-3H3,(H,34,37)(H,35,38)/t15-,16+,21?/m1/s1. The largest absolute Gasteiger partial charge is 0.453 e. The Morgan fingerprint density at radius 3 is 2.45 bits per heavy atom. The molecule has 1 aromatic rings. The van der Waals surface area contributed by atoms with E-state index in [2.05, 4.69) is 20.4 Å². The highest BCUT2D eigenvalue weighted by atomic mass is 19.4. The van der Waals surface area contributed by atoms with Gasteiger partial charge in [-0.05, 0) is 38.5 Å². The molecule has 0 radical (unpaired) electrons. The summed E-state index contributed by atoms with van der Waals surface area (Å²) in [4.78, 5) is 28.2. The topological polar surface area (TPSA) is 147 Å². The quantitative estimate of drug-likeness (QED) is 0.188. The number of benzene rings is 1. The number of aliphatic hydroxyl groups excluding tert-OH is 1. The fraction of sp³-hybridized carbons (Fsp3) is 0.560. The third-order valence-corrected chi connectivity index (χ3v) is 6.29. The van der Waals surface area contributed by atoms with Gasteiger partial charge in [0.1, 0.15) is 17.7 Å². The number of halogens is 5. The number of rotatable bonds is 12. The lowest BCUT2D eigenvalue weighted by Gasteiger charge is -2.35. The normalized spacial score (nSPS) is 18.0. The van der Waals surface area contributed by atoms with Crippen LogP contribution in [-0.4, -0.2) is 81.1 Å². The number of nitrogens with one attached hydrogen (secondary N) is 3. The lowest BCUT2D eigenvalue weighted by atomic mass is 9.83. The molecule has 1 aliphatic heterocycles. The number of nitrogens with zero attached hydrogens (tertiary/aromatic N) is 1. The molecule has 1 unspecified atom stereocenters. The Kier molecular flexibility index (Phi) is 11.8. The number of carbonyl (C=O) groups is 2. The minimum Gasteiger partial charge on any atom is -0.453 e. The van der Waals surface area contributed by atoms with Crippen LogP contribution >= 0.6 is 0 Å². The van der Waals surface area contributed by atoms with Crippen molar-refractivity contribution in [2.24, 2.45) is 16.1 Å². The van der Waals surface area contributed by atoms with E-state index in [1.54, 1.807) is 0 Å². The summed E-state index contributed by atoms with van der Waals surface area (Å²) in [6.45, 7) is 1.43. The molecule has 1 saturated heterocycles. The van der Waals surface area contributed by atoms with Gasteiger partial charge in [0.25, 0.3) is 0 Å². The summed E-state index contributed by atoms with van der Waals surface area (Å²) in [5, 5.41) is 16.7. The van der Waals surface area contributed by atoms with Crippen LogP contribution in [0.1, 0.15) is 31.4 Å². The van der Waals surface area contributed by atoms with E-state index in [0.29, 0.717) is 13.2 Å². The van der Waals surface area contributed by atoms with Gasteiger partial charge in [0.2, 0.25) is 5.91 Å². The molecule has 15 heteroatoms. The Labute approximate surface area is 228 Å². The number of ether oxygens (including phenoxy) is 2. The maximum Gasteiger partial charge on any atom is 0.407 e. The molecule has 0 bridgehead atoms. The minimum absolute atomic E-state index is 0.0133. The molecule has 1 aliphatic rings. The number of amides is 2. The number of methoxy groups -OCH3 is 1. The molecule has 1 aromatic carbocycles. The van der Waals surface area contributed by atoms with E-state index in [4.69, 9.17) is 10.5 Å². The van der Waals surface area contributed by atoms with Gasteiger partial charge in [0.15, 0.2) is 0 Å². The van der Waals surface area contributed by atoms with Gasteiger partial charge >= 0.3 is 12.3 Å². The summed E-state index contributed by atoms with van der Waals surface area (Å²) in [6, 6.07) is 0.0448. The molecule has 224 valence electrons. The van der Waals surface area contributed by atoms with Gasteiger partial charge < -0.3 is 36.3 Å². The number of hydrogen-bond donors (Lipinski definition) is 5. The van der Waals surface area contributed by atoms with Gasteiger partial charge in [0, 0.05) is 49.3 Å². The monoisotopic (exact) mass is 579 g/mol. The smallest absolute Gasteiger partial charge is 0.407 e. The molecule has 0 aromatic heterocycles. The highest BCUT2D eigenvalue weighted by molar-refractivity contribution is 5.86. The van der Waals surface area contributed by atoms with E-state index in [0.717, 1.165) is 39.5 Å². The number of aliphatic imine (C=N–C) groups is 1. The van der Waals surface area contributed by atoms with Crippen LogP contribution in [0.3, 0.4) is 0 Å². The molecule has 1 fully saturated rings. The number of nitrogens with two attached hydrogens (primary N) is 1. The molecular formula is C25H34F5N5O5. The first kappa shape index (κ1) is 32.9. The predicted molar refractivity (Wildman–Crippen MR) is 136 cm³/mol. The Morgan fingerprint density at radius 2 is 1.90 bits per heavy atom. The van der Waals surface area contributed by atoms with Crippen LogP contribution < -0.4 is 21.7 Å². The molecule has 0 aliphatic carbocycles. The zero-order valence-electron chi connectivity index (χ0n) is 22.3. The Balaban J connectivity index is 1.92. The number of allylic oxidation sites excluding steroid dienone is 1. The molecule has 40 heavy (non-hydrogen) atoms.